The van der Waals surface area contributed by atoms with E-state index in [2.05, 4.69) is 10.2 Å². The van der Waals surface area contributed by atoms with E-state index in [0.717, 1.165) is 38.0 Å². The highest BCUT2D eigenvalue weighted by atomic mass is 19.1. The maximum Gasteiger partial charge on any atom is 0.123 e. The summed E-state index contributed by atoms with van der Waals surface area (Å²) in [6, 6.07) is 7.02. The lowest BCUT2D eigenvalue weighted by Gasteiger charge is -2.21. The van der Waals surface area contributed by atoms with E-state index in [-0.39, 0.29) is 11.9 Å². The molecule has 112 valence electrons. The zero-order valence-electron chi connectivity index (χ0n) is 12.2. The van der Waals surface area contributed by atoms with Crippen LogP contribution in [0.4, 0.5) is 4.39 Å². The molecule has 2 atom stereocenters. The van der Waals surface area contributed by atoms with Crippen molar-refractivity contribution in [3.63, 3.8) is 0 Å². The number of likely N-dealkylation sites (tertiary alicyclic amines) is 1. The summed E-state index contributed by atoms with van der Waals surface area (Å²) in [5.41, 5.74) is 1.14. The fourth-order valence-corrected chi connectivity index (χ4v) is 3.02. The molecule has 1 aromatic carbocycles. The average molecular weight is 280 g/mol. The molecule has 1 fully saturated rings. The van der Waals surface area contributed by atoms with Gasteiger partial charge in [-0.05, 0) is 63.0 Å². The molecule has 0 amide bonds. The summed E-state index contributed by atoms with van der Waals surface area (Å²) >= 11 is 0. The minimum Gasteiger partial charge on any atom is -0.396 e. The number of benzene rings is 1. The lowest BCUT2D eigenvalue weighted by atomic mass is 10.0. The van der Waals surface area contributed by atoms with Crippen molar-refractivity contribution in [3.8, 4) is 0 Å². The van der Waals surface area contributed by atoms with Gasteiger partial charge in [-0.2, -0.15) is 0 Å². The van der Waals surface area contributed by atoms with Crippen molar-refractivity contribution in [2.75, 3.05) is 33.3 Å². The summed E-state index contributed by atoms with van der Waals surface area (Å²) in [5.74, 6) is 0.467. The minimum atomic E-state index is -0.185. The van der Waals surface area contributed by atoms with E-state index in [9.17, 15) is 4.39 Å². The molecular weight excluding hydrogens is 255 g/mol. The summed E-state index contributed by atoms with van der Waals surface area (Å²) < 4.78 is 13.0. The van der Waals surface area contributed by atoms with Gasteiger partial charge >= 0.3 is 0 Å². The molecule has 2 unspecified atom stereocenters. The lowest BCUT2D eigenvalue weighted by molar-refractivity contribution is 0.248. The fraction of sp³-hybridized carbons (Fsp3) is 0.625. The molecule has 2 rings (SSSR count). The van der Waals surface area contributed by atoms with Crippen LogP contribution in [0.5, 0.6) is 0 Å². The Balaban J connectivity index is 1.81. The van der Waals surface area contributed by atoms with E-state index in [1.165, 1.54) is 18.6 Å². The van der Waals surface area contributed by atoms with Crippen molar-refractivity contribution in [3.05, 3.63) is 35.6 Å². The summed E-state index contributed by atoms with van der Waals surface area (Å²) in [6.07, 6.45) is 3.14. The molecule has 1 aliphatic rings. The van der Waals surface area contributed by atoms with Gasteiger partial charge in [0.15, 0.2) is 0 Å². The van der Waals surface area contributed by atoms with Crippen LogP contribution in [-0.2, 0) is 0 Å². The van der Waals surface area contributed by atoms with E-state index < -0.39 is 0 Å². The van der Waals surface area contributed by atoms with Crippen molar-refractivity contribution in [1.82, 2.24) is 10.2 Å². The van der Waals surface area contributed by atoms with Gasteiger partial charge in [0.05, 0.1) is 0 Å². The largest absolute Gasteiger partial charge is 0.396 e. The van der Waals surface area contributed by atoms with Crippen molar-refractivity contribution in [1.29, 1.82) is 0 Å². The number of hydrogen-bond acceptors (Lipinski definition) is 3. The van der Waals surface area contributed by atoms with Gasteiger partial charge in [-0.15, -0.1) is 0 Å². The van der Waals surface area contributed by atoms with E-state index in [4.69, 9.17) is 5.11 Å². The van der Waals surface area contributed by atoms with Gasteiger partial charge in [0.2, 0.25) is 0 Å². The summed E-state index contributed by atoms with van der Waals surface area (Å²) in [6.45, 7) is 3.57. The first-order valence-electron chi connectivity index (χ1n) is 7.49. The molecule has 4 heteroatoms. The van der Waals surface area contributed by atoms with Crippen LogP contribution in [0, 0.1) is 11.7 Å². The Kier molecular flexibility index (Phi) is 5.95. The van der Waals surface area contributed by atoms with Crippen molar-refractivity contribution < 1.29 is 9.50 Å². The molecule has 1 aromatic rings. The van der Waals surface area contributed by atoms with E-state index in [0.29, 0.717) is 12.5 Å². The highest BCUT2D eigenvalue weighted by Gasteiger charge is 2.22. The monoisotopic (exact) mass is 280 g/mol. The van der Waals surface area contributed by atoms with Crippen LogP contribution < -0.4 is 5.32 Å². The minimum absolute atomic E-state index is 0.185. The van der Waals surface area contributed by atoms with Crippen LogP contribution in [0.15, 0.2) is 24.3 Å². The molecule has 1 saturated heterocycles. The maximum absolute atomic E-state index is 13.0. The fourth-order valence-electron chi connectivity index (χ4n) is 3.02. The van der Waals surface area contributed by atoms with Crippen LogP contribution in [-0.4, -0.2) is 43.3 Å². The standard InChI is InChI=1S/C16H25FN2O/c1-18-16(14-2-4-15(17)5-3-14)7-10-19-9-6-13(12-19)8-11-20/h2-5,13,16,18,20H,6-12H2,1H3. The molecule has 0 spiro atoms. The highest BCUT2D eigenvalue weighted by Crippen LogP contribution is 2.22. The second-order valence-corrected chi connectivity index (χ2v) is 5.65. The first-order chi connectivity index (χ1) is 9.72. The van der Waals surface area contributed by atoms with E-state index in [1.807, 2.05) is 19.2 Å². The molecule has 0 bridgehead atoms. The first-order valence-corrected chi connectivity index (χ1v) is 7.49. The summed E-state index contributed by atoms with van der Waals surface area (Å²) in [4.78, 5) is 2.47. The van der Waals surface area contributed by atoms with E-state index in [1.54, 1.807) is 0 Å². The smallest absolute Gasteiger partial charge is 0.123 e. The number of aliphatic hydroxyl groups is 1. The second-order valence-electron chi connectivity index (χ2n) is 5.65. The third kappa shape index (κ3) is 4.27. The molecule has 1 aliphatic heterocycles. The van der Waals surface area contributed by atoms with Gasteiger partial charge in [-0.1, -0.05) is 12.1 Å². The number of rotatable bonds is 7. The Hall–Kier alpha value is -0.970. The quantitative estimate of drug-likeness (QED) is 0.803. The summed E-state index contributed by atoms with van der Waals surface area (Å²) in [5, 5.41) is 12.3. The summed E-state index contributed by atoms with van der Waals surface area (Å²) in [7, 11) is 1.95. The van der Waals surface area contributed by atoms with Gasteiger partial charge < -0.3 is 15.3 Å². The Morgan fingerprint density at radius 2 is 2.15 bits per heavy atom. The van der Waals surface area contributed by atoms with Gasteiger partial charge in [-0.3, -0.25) is 0 Å². The Bertz CT molecular complexity index is 396. The Labute approximate surface area is 120 Å². The number of halogens is 1. The topological polar surface area (TPSA) is 35.5 Å². The third-order valence-electron chi connectivity index (χ3n) is 4.26. The first kappa shape index (κ1) is 15.4. The molecule has 1 heterocycles. The predicted molar refractivity (Wildman–Crippen MR) is 79.1 cm³/mol. The number of hydrogen-bond donors (Lipinski definition) is 2. The van der Waals surface area contributed by atoms with Crippen molar-refractivity contribution in [2.45, 2.75) is 25.3 Å². The van der Waals surface area contributed by atoms with Gasteiger partial charge in [-0.25, -0.2) is 4.39 Å². The second kappa shape index (κ2) is 7.72. The van der Waals surface area contributed by atoms with Crippen LogP contribution in [0.25, 0.3) is 0 Å². The maximum atomic E-state index is 13.0. The zero-order chi connectivity index (χ0) is 14.4. The Morgan fingerprint density at radius 3 is 2.80 bits per heavy atom. The van der Waals surface area contributed by atoms with Gasteiger partial charge in [0.25, 0.3) is 0 Å². The zero-order valence-corrected chi connectivity index (χ0v) is 12.2. The van der Waals surface area contributed by atoms with E-state index >= 15 is 0 Å². The lowest BCUT2D eigenvalue weighted by Crippen LogP contribution is -2.27. The van der Waals surface area contributed by atoms with Gasteiger partial charge in [0.1, 0.15) is 5.82 Å². The van der Waals surface area contributed by atoms with Crippen LogP contribution >= 0.6 is 0 Å². The third-order valence-corrected chi connectivity index (χ3v) is 4.26. The molecule has 0 aliphatic carbocycles. The van der Waals surface area contributed by atoms with Crippen LogP contribution in [0.2, 0.25) is 0 Å². The van der Waals surface area contributed by atoms with Crippen molar-refractivity contribution in [2.24, 2.45) is 5.92 Å². The molecular formula is C16H25FN2O. The SMILES string of the molecule is CNC(CCN1CCC(CCO)C1)c1ccc(F)cc1. The highest BCUT2D eigenvalue weighted by molar-refractivity contribution is 5.19. The number of nitrogens with zero attached hydrogens (tertiary/aromatic N) is 1. The molecule has 0 radical (unpaired) electrons. The molecule has 3 nitrogen and oxygen atoms in total. The number of nitrogens with one attached hydrogen (secondary N) is 1. The normalized spacial score (nSPS) is 21.2. The molecule has 0 saturated carbocycles. The Morgan fingerprint density at radius 1 is 1.40 bits per heavy atom. The molecule has 2 N–H and O–H groups in total. The average Bonchev–Trinajstić information content (AvgIpc) is 2.89. The number of aliphatic hydroxyl groups excluding tert-OH is 1. The molecule has 20 heavy (non-hydrogen) atoms. The van der Waals surface area contributed by atoms with Crippen LogP contribution in [0.1, 0.15) is 30.9 Å². The molecule has 0 aromatic heterocycles. The predicted octanol–water partition coefficient (Wildman–Crippen LogP) is 2.18. The van der Waals surface area contributed by atoms with Crippen LogP contribution in [0.3, 0.4) is 0 Å². The van der Waals surface area contributed by atoms with Gasteiger partial charge in [0, 0.05) is 19.2 Å². The van der Waals surface area contributed by atoms with Crippen molar-refractivity contribution >= 4 is 0 Å².